The van der Waals surface area contributed by atoms with Gasteiger partial charge in [0.05, 0.1) is 26.4 Å². The fraction of sp³-hybridized carbons (Fsp3) is 0.867. The molecule has 2 unspecified atom stereocenters. The first kappa shape index (κ1) is 91.3. The van der Waals surface area contributed by atoms with Crippen LogP contribution in [0.5, 0.6) is 0 Å². The molecule has 3 N–H and O–H groups in total. The number of ether oxygens (including phenoxy) is 4. The number of carbonyl (C=O) groups is 4. The largest absolute Gasteiger partial charge is 0.472 e. The van der Waals surface area contributed by atoms with Gasteiger partial charge in [-0.3, -0.25) is 37.3 Å². The molecule has 0 fully saturated rings. The van der Waals surface area contributed by atoms with Gasteiger partial charge in [0.1, 0.15) is 19.3 Å². The second kappa shape index (κ2) is 68.8. The van der Waals surface area contributed by atoms with Crippen molar-refractivity contribution in [2.24, 2.45) is 0 Å². The number of esters is 4. The number of carbonyl (C=O) groups excluding carboxylic acids is 4. The topological polar surface area (TPSA) is 237 Å². The van der Waals surface area contributed by atoms with E-state index >= 15 is 0 Å². The minimum Gasteiger partial charge on any atom is -0.462 e. The van der Waals surface area contributed by atoms with E-state index in [9.17, 15) is 43.2 Å². The van der Waals surface area contributed by atoms with Crippen molar-refractivity contribution >= 4 is 39.5 Å². The first-order valence-corrected chi connectivity index (χ1v) is 41.2. The highest BCUT2D eigenvalue weighted by Gasteiger charge is 2.30. The molecule has 94 heavy (non-hydrogen) atoms. The highest BCUT2D eigenvalue weighted by molar-refractivity contribution is 7.47. The molecule has 552 valence electrons. The van der Waals surface area contributed by atoms with Crippen LogP contribution in [-0.4, -0.2) is 96.7 Å². The van der Waals surface area contributed by atoms with Crippen LogP contribution < -0.4 is 0 Å². The van der Waals surface area contributed by atoms with Gasteiger partial charge in [0.25, 0.3) is 0 Å². The van der Waals surface area contributed by atoms with Crippen molar-refractivity contribution in [2.45, 2.75) is 380 Å². The van der Waals surface area contributed by atoms with E-state index in [1.165, 1.54) is 135 Å². The molecule has 0 aliphatic rings. The lowest BCUT2D eigenvalue weighted by Gasteiger charge is -2.21. The first-order valence-electron chi connectivity index (χ1n) is 38.2. The predicted molar refractivity (Wildman–Crippen MR) is 381 cm³/mol. The number of rotatable bonds is 73. The Labute approximate surface area is 573 Å². The van der Waals surface area contributed by atoms with Gasteiger partial charge in [-0.05, 0) is 103 Å². The Balaban J connectivity index is 5.31. The average Bonchev–Trinajstić information content (AvgIpc) is 2.26. The number of hydrogen-bond acceptors (Lipinski definition) is 15. The standard InChI is InChI=1S/C75H140O17P2/c1-5-9-13-17-21-25-29-33-34-38-42-46-50-54-58-62-75(80)92-71(66-86-73(78)60-56-52-48-44-40-36-31-27-23-19-15-11-7-3)68-90-94(83,84)88-64-69(76)63-87-93(81,82)89-67-70(91-74(79)61-57-53-49-45-41-37-32-28-24-20-16-12-8-4)65-85-72(77)59-55-51-47-43-39-35-30-26-22-18-14-10-6-2/h25-26,28-30,32,69-71,76H,5-24,27,31,33-68H2,1-4H3,(H,81,82)(H,83,84)/b29-25-,30-26-,32-28-/t69-,70-,71-/m1/s1. The molecular weight excluding hydrogens is 1230 g/mol. The van der Waals surface area contributed by atoms with Crippen molar-refractivity contribution in [2.75, 3.05) is 39.6 Å². The molecule has 17 nitrogen and oxygen atoms in total. The summed E-state index contributed by atoms with van der Waals surface area (Å²) < 4.78 is 68.4. The van der Waals surface area contributed by atoms with Crippen LogP contribution >= 0.6 is 15.6 Å². The highest BCUT2D eigenvalue weighted by atomic mass is 31.2. The average molecular weight is 1380 g/mol. The van der Waals surface area contributed by atoms with E-state index in [1.54, 1.807) is 0 Å². The van der Waals surface area contributed by atoms with Gasteiger partial charge in [0, 0.05) is 25.7 Å². The summed E-state index contributed by atoms with van der Waals surface area (Å²) in [5.41, 5.74) is 0. The Bertz CT molecular complexity index is 1930. The van der Waals surface area contributed by atoms with Gasteiger partial charge in [-0.15, -0.1) is 0 Å². The number of unbranched alkanes of at least 4 members (excludes halogenated alkanes) is 41. The van der Waals surface area contributed by atoms with Crippen LogP contribution in [0.2, 0.25) is 0 Å². The van der Waals surface area contributed by atoms with Gasteiger partial charge in [0.15, 0.2) is 12.2 Å². The van der Waals surface area contributed by atoms with E-state index < -0.39 is 97.5 Å². The molecule has 0 saturated carbocycles. The fourth-order valence-electron chi connectivity index (χ4n) is 10.7. The number of phosphoric acid groups is 2. The van der Waals surface area contributed by atoms with Crippen molar-refractivity contribution in [3.8, 4) is 0 Å². The summed E-state index contributed by atoms with van der Waals surface area (Å²) in [4.78, 5) is 72.7. The fourth-order valence-corrected chi connectivity index (χ4v) is 12.3. The first-order chi connectivity index (χ1) is 45.7. The van der Waals surface area contributed by atoms with Crippen molar-refractivity contribution in [3.63, 3.8) is 0 Å². The number of aliphatic hydroxyl groups excluding tert-OH is 1. The van der Waals surface area contributed by atoms with E-state index in [2.05, 4.69) is 64.2 Å². The molecule has 0 aliphatic heterocycles. The number of hydrogen-bond donors (Lipinski definition) is 3. The zero-order valence-corrected chi connectivity index (χ0v) is 61.9. The van der Waals surface area contributed by atoms with Crippen molar-refractivity contribution in [1.82, 2.24) is 0 Å². The van der Waals surface area contributed by atoms with Crippen molar-refractivity contribution < 1.29 is 80.2 Å². The zero-order chi connectivity index (χ0) is 69.0. The van der Waals surface area contributed by atoms with Crippen LogP contribution in [-0.2, 0) is 65.4 Å². The zero-order valence-electron chi connectivity index (χ0n) is 60.2. The molecule has 0 aromatic carbocycles. The summed E-state index contributed by atoms with van der Waals surface area (Å²) in [5.74, 6) is -2.16. The van der Waals surface area contributed by atoms with E-state index in [1.807, 2.05) is 0 Å². The van der Waals surface area contributed by atoms with Crippen LogP contribution in [0.3, 0.4) is 0 Å². The number of aliphatic hydroxyl groups is 1. The monoisotopic (exact) mass is 1370 g/mol. The van der Waals surface area contributed by atoms with Crippen LogP contribution in [0.25, 0.3) is 0 Å². The molecule has 0 saturated heterocycles. The Hall–Kier alpha value is -2.72. The third-order valence-electron chi connectivity index (χ3n) is 16.6. The van der Waals surface area contributed by atoms with Crippen LogP contribution in [0.4, 0.5) is 0 Å². The van der Waals surface area contributed by atoms with E-state index in [0.717, 1.165) is 148 Å². The number of allylic oxidation sites excluding steroid dienone is 6. The van der Waals surface area contributed by atoms with E-state index in [0.29, 0.717) is 25.7 Å². The SMILES string of the molecule is CCCCCC/C=C\CCCCCCCCCC(=O)O[C@H](COC(=O)CCCCCCCCCCCCCCC)COP(=O)(O)OC[C@H](O)COP(=O)(O)OC[C@@H](COC(=O)CCCCCCC/C=C\CCCCCC)OC(=O)CCCCCCC/C=C\CCCCCC. The Morgan fingerprint density at radius 1 is 0.287 bits per heavy atom. The van der Waals surface area contributed by atoms with E-state index in [-0.39, 0.29) is 25.7 Å². The van der Waals surface area contributed by atoms with Crippen molar-refractivity contribution in [1.29, 1.82) is 0 Å². The molecule has 0 aliphatic carbocycles. The summed E-state index contributed by atoms with van der Waals surface area (Å²) in [7, 11) is -9.93. The molecule has 0 heterocycles. The van der Waals surface area contributed by atoms with Gasteiger partial charge in [-0.2, -0.15) is 0 Å². The Kier molecular flexibility index (Phi) is 66.8. The molecule has 0 radical (unpaired) electrons. The molecule has 0 aromatic heterocycles. The minimum absolute atomic E-state index is 0.0892. The Morgan fingerprint density at radius 3 is 0.745 bits per heavy atom. The minimum atomic E-state index is -4.96. The maximum absolute atomic E-state index is 13.1. The lowest BCUT2D eigenvalue weighted by atomic mass is 10.0. The quantitative estimate of drug-likeness (QED) is 0.0169. The molecule has 0 rings (SSSR count). The third-order valence-corrected chi connectivity index (χ3v) is 18.5. The van der Waals surface area contributed by atoms with Crippen LogP contribution in [0.15, 0.2) is 36.5 Å². The molecule has 0 spiro atoms. The highest BCUT2D eigenvalue weighted by Crippen LogP contribution is 2.45. The summed E-state index contributed by atoms with van der Waals surface area (Å²) in [6, 6.07) is 0. The molecule has 19 heteroatoms. The van der Waals surface area contributed by atoms with Crippen LogP contribution in [0, 0.1) is 0 Å². The Morgan fingerprint density at radius 2 is 0.489 bits per heavy atom. The van der Waals surface area contributed by atoms with Gasteiger partial charge in [-0.1, -0.05) is 270 Å². The molecule has 0 amide bonds. The second-order valence-electron chi connectivity index (χ2n) is 25.9. The lowest BCUT2D eigenvalue weighted by molar-refractivity contribution is -0.161. The molecule has 0 bridgehead atoms. The number of phosphoric ester groups is 2. The molecule has 0 aromatic rings. The normalized spacial score (nSPS) is 14.2. The molecule has 5 atom stereocenters. The maximum atomic E-state index is 13.1. The van der Waals surface area contributed by atoms with Gasteiger partial charge in [0.2, 0.25) is 0 Å². The van der Waals surface area contributed by atoms with Gasteiger partial charge < -0.3 is 33.8 Å². The molecular formula is C75H140O17P2. The summed E-state index contributed by atoms with van der Waals surface area (Å²) in [5, 5.41) is 10.6. The summed E-state index contributed by atoms with van der Waals surface area (Å²) >= 11 is 0. The van der Waals surface area contributed by atoms with Gasteiger partial charge in [-0.25, -0.2) is 9.13 Å². The summed E-state index contributed by atoms with van der Waals surface area (Å²) in [6.45, 7) is 4.87. The third kappa shape index (κ3) is 67.8. The maximum Gasteiger partial charge on any atom is 0.472 e. The van der Waals surface area contributed by atoms with Gasteiger partial charge >= 0.3 is 39.5 Å². The second-order valence-corrected chi connectivity index (χ2v) is 28.9. The summed E-state index contributed by atoms with van der Waals surface area (Å²) in [6.07, 6.45) is 62.7. The predicted octanol–water partition coefficient (Wildman–Crippen LogP) is 21.6. The van der Waals surface area contributed by atoms with Crippen LogP contribution in [0.1, 0.15) is 362 Å². The lowest BCUT2D eigenvalue weighted by Crippen LogP contribution is -2.30. The van der Waals surface area contributed by atoms with Crippen molar-refractivity contribution in [3.05, 3.63) is 36.5 Å². The van der Waals surface area contributed by atoms with E-state index in [4.69, 9.17) is 37.0 Å². The smallest absolute Gasteiger partial charge is 0.462 e.